The second kappa shape index (κ2) is 6.12. The van der Waals surface area contributed by atoms with Crippen molar-refractivity contribution in [3.8, 4) is 0 Å². The van der Waals surface area contributed by atoms with Gasteiger partial charge in [-0.3, -0.25) is 9.59 Å². The predicted molar refractivity (Wildman–Crippen MR) is 64.4 cm³/mol. The topological polar surface area (TPSA) is 72.6 Å². The molecule has 0 saturated heterocycles. The molecule has 0 bridgehead atoms. The molecule has 2 N–H and O–H groups in total. The zero-order valence-corrected chi connectivity index (χ0v) is 10.6. The summed E-state index contributed by atoms with van der Waals surface area (Å²) >= 11 is 0. The highest BCUT2D eigenvalue weighted by Gasteiger charge is 2.22. The highest BCUT2D eigenvalue weighted by molar-refractivity contribution is 5.95. The van der Waals surface area contributed by atoms with E-state index in [1.54, 1.807) is 0 Å². The summed E-state index contributed by atoms with van der Waals surface area (Å²) in [5.41, 5.74) is 4.24. The maximum atomic E-state index is 13.6. The minimum Gasteiger partial charge on any atom is -0.469 e. The fourth-order valence-electron chi connectivity index (χ4n) is 1.42. The van der Waals surface area contributed by atoms with E-state index in [9.17, 15) is 18.4 Å². The third-order valence-corrected chi connectivity index (χ3v) is 2.56. The van der Waals surface area contributed by atoms with Gasteiger partial charge < -0.3 is 15.4 Å². The zero-order valence-electron chi connectivity index (χ0n) is 10.6. The van der Waals surface area contributed by atoms with Crippen molar-refractivity contribution in [1.82, 2.24) is 4.90 Å². The predicted octanol–water partition coefficient (Wildman–Crippen LogP) is 1.18. The second-order valence-electron chi connectivity index (χ2n) is 3.88. The van der Waals surface area contributed by atoms with Gasteiger partial charge in [0, 0.05) is 13.6 Å². The summed E-state index contributed by atoms with van der Waals surface area (Å²) in [5, 5.41) is 0. The first-order valence-electron chi connectivity index (χ1n) is 5.44. The molecule has 0 aliphatic rings. The smallest absolute Gasteiger partial charge is 0.307 e. The lowest BCUT2D eigenvalue weighted by Gasteiger charge is -2.17. The van der Waals surface area contributed by atoms with E-state index in [1.165, 1.54) is 14.2 Å². The van der Waals surface area contributed by atoms with Gasteiger partial charge in [-0.15, -0.1) is 0 Å². The molecule has 19 heavy (non-hydrogen) atoms. The standard InChI is InChI=1S/C12H14F2N2O3/c1-16(6-5-9(17)19-2)12(18)10-7(13)3-4-8(15)11(10)14/h3-4H,5-6,15H2,1-2H3. The Morgan fingerprint density at radius 1 is 1.37 bits per heavy atom. The molecule has 7 heteroatoms. The quantitative estimate of drug-likeness (QED) is 0.660. The lowest BCUT2D eigenvalue weighted by molar-refractivity contribution is -0.140. The van der Waals surface area contributed by atoms with E-state index in [-0.39, 0.29) is 18.7 Å². The van der Waals surface area contributed by atoms with Gasteiger partial charge in [-0.05, 0) is 12.1 Å². The number of rotatable bonds is 4. The number of ether oxygens (including phenoxy) is 1. The van der Waals surface area contributed by atoms with Crippen LogP contribution in [0.1, 0.15) is 16.8 Å². The first-order valence-corrected chi connectivity index (χ1v) is 5.44. The van der Waals surface area contributed by atoms with Gasteiger partial charge in [0.25, 0.3) is 5.91 Å². The molecule has 0 saturated carbocycles. The molecule has 5 nitrogen and oxygen atoms in total. The minimum absolute atomic E-state index is 0.0147. The Morgan fingerprint density at radius 3 is 2.58 bits per heavy atom. The molecule has 0 radical (unpaired) electrons. The Morgan fingerprint density at radius 2 is 2.00 bits per heavy atom. The molecule has 0 aliphatic carbocycles. The number of halogens is 2. The van der Waals surface area contributed by atoms with Crippen molar-refractivity contribution >= 4 is 17.6 Å². The molecule has 0 aliphatic heterocycles. The minimum atomic E-state index is -1.10. The average molecular weight is 272 g/mol. The van der Waals surface area contributed by atoms with Crippen LogP contribution in [-0.4, -0.2) is 37.5 Å². The summed E-state index contributed by atoms with van der Waals surface area (Å²) in [6.07, 6.45) is -0.0652. The van der Waals surface area contributed by atoms with Crippen LogP contribution in [0.15, 0.2) is 12.1 Å². The van der Waals surface area contributed by atoms with Gasteiger partial charge >= 0.3 is 5.97 Å². The molecule has 0 aromatic heterocycles. The van der Waals surface area contributed by atoms with E-state index in [2.05, 4.69) is 4.74 Å². The third-order valence-electron chi connectivity index (χ3n) is 2.56. The monoisotopic (exact) mass is 272 g/mol. The number of nitrogens with zero attached hydrogens (tertiary/aromatic N) is 1. The third kappa shape index (κ3) is 3.40. The number of nitrogen functional groups attached to an aromatic ring is 1. The normalized spacial score (nSPS) is 10.1. The number of anilines is 1. The number of esters is 1. The van der Waals surface area contributed by atoms with Crippen molar-refractivity contribution in [3.05, 3.63) is 29.3 Å². The number of carbonyl (C=O) groups is 2. The zero-order chi connectivity index (χ0) is 14.6. The maximum absolute atomic E-state index is 13.6. The number of hydrogen-bond acceptors (Lipinski definition) is 4. The van der Waals surface area contributed by atoms with E-state index < -0.39 is 29.1 Å². The van der Waals surface area contributed by atoms with Crippen LogP contribution in [0, 0.1) is 11.6 Å². The van der Waals surface area contributed by atoms with Crippen LogP contribution in [0.25, 0.3) is 0 Å². The molecule has 1 aromatic carbocycles. The number of hydrogen-bond donors (Lipinski definition) is 1. The molecule has 0 fully saturated rings. The van der Waals surface area contributed by atoms with Crippen LogP contribution in [0.3, 0.4) is 0 Å². The van der Waals surface area contributed by atoms with Gasteiger partial charge in [-0.1, -0.05) is 0 Å². The summed E-state index contributed by atoms with van der Waals surface area (Å²) in [6.45, 7) is -0.0147. The number of carbonyl (C=O) groups excluding carboxylic acids is 2. The highest BCUT2D eigenvalue weighted by Crippen LogP contribution is 2.20. The van der Waals surface area contributed by atoms with E-state index in [0.29, 0.717) is 0 Å². The van der Waals surface area contributed by atoms with Crippen molar-refractivity contribution in [2.45, 2.75) is 6.42 Å². The summed E-state index contributed by atoms with van der Waals surface area (Å²) in [5.74, 6) is -3.50. The molecule has 0 atom stereocenters. The number of benzene rings is 1. The largest absolute Gasteiger partial charge is 0.469 e. The van der Waals surface area contributed by atoms with E-state index in [1.807, 2.05) is 0 Å². The number of methoxy groups -OCH3 is 1. The van der Waals surface area contributed by atoms with Crippen molar-refractivity contribution in [2.75, 3.05) is 26.4 Å². The SMILES string of the molecule is COC(=O)CCN(C)C(=O)c1c(F)ccc(N)c1F. The molecule has 0 unspecified atom stereocenters. The Balaban J connectivity index is 2.88. The fourth-order valence-corrected chi connectivity index (χ4v) is 1.42. The van der Waals surface area contributed by atoms with Crippen molar-refractivity contribution in [2.24, 2.45) is 0 Å². The summed E-state index contributed by atoms with van der Waals surface area (Å²) < 4.78 is 31.5. The highest BCUT2D eigenvalue weighted by atomic mass is 19.1. The van der Waals surface area contributed by atoms with Gasteiger partial charge in [0.15, 0.2) is 5.82 Å². The first kappa shape index (κ1) is 14.9. The van der Waals surface area contributed by atoms with Gasteiger partial charge in [-0.2, -0.15) is 0 Å². The van der Waals surface area contributed by atoms with Gasteiger partial charge in [0.2, 0.25) is 0 Å². The summed E-state index contributed by atoms with van der Waals surface area (Å²) in [4.78, 5) is 23.8. The molecular weight excluding hydrogens is 258 g/mol. The molecule has 0 heterocycles. The summed E-state index contributed by atoms with van der Waals surface area (Å²) in [6, 6.07) is 1.95. The fraction of sp³-hybridized carbons (Fsp3) is 0.333. The average Bonchev–Trinajstić information content (AvgIpc) is 2.40. The van der Waals surface area contributed by atoms with Crippen LogP contribution in [-0.2, 0) is 9.53 Å². The van der Waals surface area contributed by atoms with Crippen molar-refractivity contribution in [3.63, 3.8) is 0 Å². The molecule has 1 aromatic rings. The molecule has 1 rings (SSSR count). The molecule has 104 valence electrons. The van der Waals surface area contributed by atoms with E-state index >= 15 is 0 Å². The van der Waals surface area contributed by atoms with Gasteiger partial charge in [0.05, 0.1) is 19.2 Å². The summed E-state index contributed by atoms with van der Waals surface area (Å²) in [7, 11) is 2.54. The lowest BCUT2D eigenvalue weighted by Crippen LogP contribution is -2.31. The van der Waals surface area contributed by atoms with Gasteiger partial charge in [-0.25, -0.2) is 8.78 Å². The van der Waals surface area contributed by atoms with Crippen LogP contribution >= 0.6 is 0 Å². The Kier molecular flexibility index (Phi) is 4.80. The van der Waals surface area contributed by atoms with E-state index in [0.717, 1.165) is 17.0 Å². The van der Waals surface area contributed by atoms with Crippen molar-refractivity contribution in [1.29, 1.82) is 0 Å². The van der Waals surface area contributed by atoms with Gasteiger partial charge in [0.1, 0.15) is 11.4 Å². The first-order chi connectivity index (χ1) is 8.88. The number of amides is 1. The van der Waals surface area contributed by atoms with Crippen molar-refractivity contribution < 1.29 is 23.1 Å². The van der Waals surface area contributed by atoms with Crippen LogP contribution in [0.4, 0.5) is 14.5 Å². The Bertz CT molecular complexity index is 506. The Labute approximate surface area is 108 Å². The van der Waals surface area contributed by atoms with E-state index in [4.69, 9.17) is 5.73 Å². The molecule has 1 amide bonds. The lowest BCUT2D eigenvalue weighted by atomic mass is 10.1. The second-order valence-corrected chi connectivity index (χ2v) is 3.88. The van der Waals surface area contributed by atoms with Crippen LogP contribution in [0.2, 0.25) is 0 Å². The Hall–Kier alpha value is -2.18. The molecular formula is C12H14F2N2O3. The van der Waals surface area contributed by atoms with Crippen LogP contribution < -0.4 is 5.73 Å². The van der Waals surface area contributed by atoms with Crippen LogP contribution in [0.5, 0.6) is 0 Å². The number of nitrogens with two attached hydrogens (primary N) is 1. The molecule has 0 spiro atoms. The maximum Gasteiger partial charge on any atom is 0.307 e.